The second-order valence-corrected chi connectivity index (χ2v) is 7.51. The zero-order chi connectivity index (χ0) is 15.5. The maximum absolute atomic E-state index is 12.8. The van der Waals surface area contributed by atoms with Crippen molar-refractivity contribution < 1.29 is 17.9 Å². The predicted octanol–water partition coefficient (Wildman–Crippen LogP) is 2.05. The molecule has 1 aromatic rings. The second-order valence-electron chi connectivity index (χ2n) is 5.50. The number of rotatable bonds is 5. The maximum Gasteiger partial charge on any atom is 0.246 e. The van der Waals surface area contributed by atoms with E-state index in [2.05, 4.69) is 0 Å². The predicted molar refractivity (Wildman–Crippen MR) is 81.1 cm³/mol. The summed E-state index contributed by atoms with van der Waals surface area (Å²) in [4.78, 5) is 0.236. The van der Waals surface area contributed by atoms with Crippen molar-refractivity contribution in [2.75, 3.05) is 33.9 Å². The molecule has 0 aliphatic carbocycles. The number of sulfonamides is 1. The number of nitrogens with zero attached hydrogens (tertiary/aromatic N) is 1. The normalized spacial score (nSPS) is 17.1. The molecular formula is C15H23NO4S. The van der Waals surface area contributed by atoms with Gasteiger partial charge in [0.25, 0.3) is 0 Å². The molecule has 1 aliphatic rings. The van der Waals surface area contributed by atoms with Crippen LogP contribution in [0.2, 0.25) is 0 Å². The van der Waals surface area contributed by atoms with Crippen molar-refractivity contribution in [2.45, 2.75) is 24.7 Å². The van der Waals surface area contributed by atoms with E-state index in [1.165, 1.54) is 11.4 Å². The summed E-state index contributed by atoms with van der Waals surface area (Å²) < 4.78 is 37.5. The molecular weight excluding hydrogens is 290 g/mol. The molecule has 1 heterocycles. The Labute approximate surface area is 126 Å². The summed E-state index contributed by atoms with van der Waals surface area (Å²) in [5, 5.41) is 0. The third kappa shape index (κ3) is 3.75. The van der Waals surface area contributed by atoms with E-state index in [-0.39, 0.29) is 4.90 Å². The zero-order valence-corrected chi connectivity index (χ0v) is 13.6. The Balaban J connectivity index is 2.22. The van der Waals surface area contributed by atoms with Gasteiger partial charge < -0.3 is 9.47 Å². The maximum atomic E-state index is 12.8. The molecule has 1 aliphatic heterocycles. The van der Waals surface area contributed by atoms with Gasteiger partial charge in [-0.3, -0.25) is 0 Å². The van der Waals surface area contributed by atoms with Gasteiger partial charge in [0.05, 0.1) is 7.11 Å². The van der Waals surface area contributed by atoms with Crippen molar-refractivity contribution in [3.63, 3.8) is 0 Å². The Morgan fingerprint density at radius 2 is 2.00 bits per heavy atom. The summed E-state index contributed by atoms with van der Waals surface area (Å²) in [7, 11) is -0.416. The van der Waals surface area contributed by atoms with Crippen LogP contribution in [-0.4, -0.2) is 46.6 Å². The lowest BCUT2D eigenvalue weighted by Crippen LogP contribution is -2.34. The molecule has 0 aromatic heterocycles. The van der Waals surface area contributed by atoms with E-state index in [0.29, 0.717) is 31.4 Å². The molecule has 0 spiro atoms. The molecule has 21 heavy (non-hydrogen) atoms. The molecule has 0 unspecified atom stereocenters. The highest BCUT2D eigenvalue weighted by Crippen LogP contribution is 2.28. The lowest BCUT2D eigenvalue weighted by atomic mass is 10.0. The van der Waals surface area contributed by atoms with E-state index in [0.717, 1.165) is 18.4 Å². The summed E-state index contributed by atoms with van der Waals surface area (Å²) in [5.74, 6) is 0.744. The lowest BCUT2D eigenvalue weighted by Gasteiger charge is -2.27. The zero-order valence-electron chi connectivity index (χ0n) is 12.8. The largest absolute Gasteiger partial charge is 0.495 e. The first-order valence-electron chi connectivity index (χ1n) is 7.14. The van der Waals surface area contributed by atoms with Crippen LogP contribution >= 0.6 is 0 Å². The van der Waals surface area contributed by atoms with Crippen molar-refractivity contribution in [3.8, 4) is 5.75 Å². The van der Waals surface area contributed by atoms with Gasteiger partial charge in [0.2, 0.25) is 10.0 Å². The highest BCUT2D eigenvalue weighted by atomic mass is 32.2. The lowest BCUT2D eigenvalue weighted by molar-refractivity contribution is 0.0620. The van der Waals surface area contributed by atoms with Crippen molar-refractivity contribution in [1.29, 1.82) is 0 Å². The van der Waals surface area contributed by atoms with Gasteiger partial charge in [-0.2, -0.15) is 0 Å². The molecule has 1 saturated heterocycles. The smallest absolute Gasteiger partial charge is 0.246 e. The molecule has 0 saturated carbocycles. The molecule has 0 bridgehead atoms. The van der Waals surface area contributed by atoms with Crippen LogP contribution in [0.3, 0.4) is 0 Å². The first kappa shape index (κ1) is 16.3. The van der Waals surface area contributed by atoms with Crippen LogP contribution in [0.25, 0.3) is 0 Å². The van der Waals surface area contributed by atoms with Crippen LogP contribution in [0.4, 0.5) is 0 Å². The molecule has 1 fully saturated rings. The minimum atomic E-state index is -3.54. The monoisotopic (exact) mass is 313 g/mol. The SMILES string of the molecule is COc1ccc(C)cc1S(=O)(=O)N(C)CC1CCOCC1. The number of hydrogen-bond donors (Lipinski definition) is 0. The minimum absolute atomic E-state index is 0.236. The Hall–Kier alpha value is -1.11. The standard InChI is InChI=1S/C15H23NO4S/c1-12-4-5-14(19-3)15(10-12)21(17,18)16(2)11-13-6-8-20-9-7-13/h4-5,10,13H,6-9,11H2,1-3H3. The second kappa shape index (κ2) is 6.77. The Morgan fingerprint density at radius 3 is 2.62 bits per heavy atom. The number of hydrogen-bond acceptors (Lipinski definition) is 4. The van der Waals surface area contributed by atoms with Crippen molar-refractivity contribution in [2.24, 2.45) is 5.92 Å². The Kier molecular flexibility index (Phi) is 5.24. The van der Waals surface area contributed by atoms with Gasteiger partial charge in [-0.15, -0.1) is 0 Å². The summed E-state index contributed by atoms with van der Waals surface area (Å²) >= 11 is 0. The number of methoxy groups -OCH3 is 1. The van der Waals surface area contributed by atoms with Crippen molar-refractivity contribution in [3.05, 3.63) is 23.8 Å². The molecule has 0 amide bonds. The van der Waals surface area contributed by atoms with Gasteiger partial charge in [0.1, 0.15) is 10.6 Å². The van der Waals surface area contributed by atoms with Crippen LogP contribution in [0.15, 0.2) is 23.1 Å². The van der Waals surface area contributed by atoms with E-state index >= 15 is 0 Å². The van der Waals surface area contributed by atoms with E-state index in [1.54, 1.807) is 19.2 Å². The fourth-order valence-electron chi connectivity index (χ4n) is 2.54. The molecule has 6 heteroatoms. The molecule has 0 radical (unpaired) electrons. The highest BCUT2D eigenvalue weighted by Gasteiger charge is 2.27. The molecule has 0 N–H and O–H groups in total. The van der Waals surface area contributed by atoms with Gasteiger partial charge in [0, 0.05) is 26.8 Å². The number of aryl methyl sites for hydroxylation is 1. The summed E-state index contributed by atoms with van der Waals surface area (Å²) in [5.41, 5.74) is 0.897. The molecule has 2 rings (SSSR count). The van der Waals surface area contributed by atoms with Crippen LogP contribution in [0, 0.1) is 12.8 Å². The quantitative estimate of drug-likeness (QED) is 0.835. The van der Waals surface area contributed by atoms with E-state index in [9.17, 15) is 8.42 Å². The highest BCUT2D eigenvalue weighted by molar-refractivity contribution is 7.89. The first-order valence-corrected chi connectivity index (χ1v) is 8.58. The van der Waals surface area contributed by atoms with Gasteiger partial charge >= 0.3 is 0 Å². The molecule has 118 valence electrons. The van der Waals surface area contributed by atoms with Crippen LogP contribution in [0.1, 0.15) is 18.4 Å². The average Bonchev–Trinajstić information content (AvgIpc) is 2.48. The Bertz CT molecular complexity index is 579. The van der Waals surface area contributed by atoms with E-state index < -0.39 is 10.0 Å². The molecule has 5 nitrogen and oxygen atoms in total. The summed E-state index contributed by atoms with van der Waals surface area (Å²) in [6.07, 6.45) is 1.82. The van der Waals surface area contributed by atoms with Crippen LogP contribution < -0.4 is 4.74 Å². The topological polar surface area (TPSA) is 55.8 Å². The van der Waals surface area contributed by atoms with Crippen molar-refractivity contribution >= 4 is 10.0 Å². The third-order valence-corrected chi connectivity index (χ3v) is 5.71. The fraction of sp³-hybridized carbons (Fsp3) is 0.600. The minimum Gasteiger partial charge on any atom is -0.495 e. The van der Waals surface area contributed by atoms with Crippen molar-refractivity contribution in [1.82, 2.24) is 4.31 Å². The summed E-state index contributed by atoms with van der Waals surface area (Å²) in [6.45, 7) is 3.82. The molecule has 0 atom stereocenters. The van der Waals surface area contributed by atoms with Gasteiger partial charge in [-0.25, -0.2) is 12.7 Å². The van der Waals surface area contributed by atoms with E-state index in [1.807, 2.05) is 13.0 Å². The van der Waals surface area contributed by atoms with Gasteiger partial charge in [-0.1, -0.05) is 6.07 Å². The first-order chi connectivity index (χ1) is 9.95. The third-order valence-electron chi connectivity index (χ3n) is 3.86. The average molecular weight is 313 g/mol. The summed E-state index contributed by atoms with van der Waals surface area (Å²) in [6, 6.07) is 5.20. The van der Waals surface area contributed by atoms with Crippen LogP contribution in [-0.2, 0) is 14.8 Å². The van der Waals surface area contributed by atoms with Crippen LogP contribution in [0.5, 0.6) is 5.75 Å². The van der Waals surface area contributed by atoms with E-state index in [4.69, 9.17) is 9.47 Å². The van der Waals surface area contributed by atoms with Gasteiger partial charge in [0.15, 0.2) is 0 Å². The number of benzene rings is 1. The van der Waals surface area contributed by atoms with Gasteiger partial charge in [-0.05, 0) is 43.4 Å². The number of ether oxygens (including phenoxy) is 2. The molecule has 1 aromatic carbocycles. The Morgan fingerprint density at radius 1 is 1.33 bits per heavy atom. The fourth-order valence-corrected chi connectivity index (χ4v) is 4.03.